The molecule has 0 amide bonds. The summed E-state index contributed by atoms with van der Waals surface area (Å²) in [6.07, 6.45) is 0.791. The smallest absolute Gasteiger partial charge is 0.237 e. The monoisotopic (exact) mass is 183 g/mol. The van der Waals surface area contributed by atoms with Crippen LogP contribution in [0.25, 0.3) is 0 Å². The van der Waals surface area contributed by atoms with Crippen molar-refractivity contribution in [2.24, 2.45) is 16.8 Å². The molecule has 4 N–H and O–H groups in total. The van der Waals surface area contributed by atoms with E-state index in [1.807, 2.05) is 6.92 Å². The first kappa shape index (κ1) is 9.53. The van der Waals surface area contributed by atoms with Gasteiger partial charge < -0.3 is 10.7 Å². The van der Waals surface area contributed by atoms with Crippen LogP contribution < -0.4 is 11.7 Å². The van der Waals surface area contributed by atoms with Gasteiger partial charge in [-0.05, 0) is 6.92 Å². The highest BCUT2D eigenvalue weighted by molar-refractivity contribution is 5.87. The number of carbonyl (C=O) groups excluding carboxylic acids is 1. The number of carbonyl (C=O) groups is 1. The van der Waals surface area contributed by atoms with E-state index < -0.39 is 0 Å². The molecule has 0 aliphatic carbocycles. The Labute approximate surface area is 76.4 Å². The molecular formula is C7H13N5O. The van der Waals surface area contributed by atoms with Crippen molar-refractivity contribution in [3.8, 4) is 0 Å². The second kappa shape index (κ2) is 3.44. The van der Waals surface area contributed by atoms with Gasteiger partial charge in [0, 0.05) is 18.3 Å². The molecule has 0 unspecified atom stereocenters. The third kappa shape index (κ3) is 1.48. The number of allylic oxidation sites excluding steroid dienone is 1. The van der Waals surface area contributed by atoms with E-state index in [-0.39, 0.29) is 0 Å². The Morgan fingerprint density at radius 3 is 2.69 bits per heavy atom. The van der Waals surface area contributed by atoms with Gasteiger partial charge in [0.05, 0.1) is 6.54 Å². The number of nitrogens with zero attached hydrogens (tertiary/aromatic N) is 3. The molecule has 0 bridgehead atoms. The van der Waals surface area contributed by atoms with Crippen molar-refractivity contribution in [1.82, 2.24) is 9.91 Å². The van der Waals surface area contributed by atoms with Crippen LogP contribution >= 0.6 is 0 Å². The van der Waals surface area contributed by atoms with Crippen molar-refractivity contribution in [1.29, 1.82) is 0 Å². The van der Waals surface area contributed by atoms with Gasteiger partial charge in [-0.15, -0.1) is 5.10 Å². The quantitative estimate of drug-likeness (QED) is 0.303. The van der Waals surface area contributed by atoms with Crippen molar-refractivity contribution >= 4 is 12.2 Å². The average Bonchev–Trinajstić information content (AvgIpc) is 2.12. The van der Waals surface area contributed by atoms with Gasteiger partial charge in [0.2, 0.25) is 5.96 Å². The fourth-order valence-electron chi connectivity index (χ4n) is 1.21. The molecule has 1 aliphatic heterocycles. The fraction of sp³-hybridized carbons (Fsp3) is 0.429. The number of hydrogen-bond acceptors (Lipinski definition) is 4. The molecule has 0 fully saturated rings. The molecule has 0 saturated carbocycles. The molecule has 0 aromatic heterocycles. The summed E-state index contributed by atoms with van der Waals surface area (Å²) in [6.45, 7) is 2.16. The summed E-state index contributed by atoms with van der Waals surface area (Å²) >= 11 is 0. The number of aldehydes is 1. The highest BCUT2D eigenvalue weighted by Crippen LogP contribution is 2.14. The van der Waals surface area contributed by atoms with Crippen molar-refractivity contribution in [3.05, 3.63) is 11.3 Å². The summed E-state index contributed by atoms with van der Waals surface area (Å²) in [5.74, 6) is 11.2. The fourth-order valence-corrected chi connectivity index (χ4v) is 1.21. The SMILES string of the molecule is CC1=C(C=O)CN(N)/C(=N\N)N1C. The van der Waals surface area contributed by atoms with Crippen molar-refractivity contribution < 1.29 is 4.79 Å². The van der Waals surface area contributed by atoms with Gasteiger partial charge in [0.15, 0.2) is 0 Å². The van der Waals surface area contributed by atoms with Gasteiger partial charge in [0.1, 0.15) is 6.29 Å². The molecular weight excluding hydrogens is 170 g/mol. The molecule has 6 heteroatoms. The zero-order valence-corrected chi connectivity index (χ0v) is 7.69. The van der Waals surface area contributed by atoms with Crippen LogP contribution in [0.4, 0.5) is 0 Å². The number of hydrazone groups is 1. The van der Waals surface area contributed by atoms with E-state index in [4.69, 9.17) is 11.7 Å². The average molecular weight is 183 g/mol. The molecule has 13 heavy (non-hydrogen) atoms. The van der Waals surface area contributed by atoms with E-state index in [1.165, 1.54) is 5.01 Å². The molecule has 1 aliphatic rings. The van der Waals surface area contributed by atoms with Crippen LogP contribution in [0.15, 0.2) is 16.4 Å². The minimum Gasteiger partial charge on any atom is -0.320 e. The zero-order chi connectivity index (χ0) is 10.0. The first-order chi connectivity index (χ1) is 6.11. The minimum absolute atomic E-state index is 0.343. The number of hydrazine groups is 1. The maximum Gasteiger partial charge on any atom is 0.237 e. The van der Waals surface area contributed by atoms with Gasteiger partial charge in [0.25, 0.3) is 0 Å². The third-order valence-corrected chi connectivity index (χ3v) is 2.12. The Kier molecular flexibility index (Phi) is 2.52. The van der Waals surface area contributed by atoms with E-state index in [1.54, 1.807) is 11.9 Å². The van der Waals surface area contributed by atoms with E-state index >= 15 is 0 Å². The summed E-state index contributed by atoms with van der Waals surface area (Å²) in [5, 5.41) is 4.85. The van der Waals surface area contributed by atoms with E-state index in [2.05, 4.69) is 5.10 Å². The van der Waals surface area contributed by atoms with E-state index in [0.717, 1.165) is 12.0 Å². The molecule has 0 spiro atoms. The number of guanidine groups is 1. The Morgan fingerprint density at radius 1 is 1.62 bits per heavy atom. The van der Waals surface area contributed by atoms with Crippen LogP contribution in [-0.4, -0.2) is 35.7 Å². The zero-order valence-electron chi connectivity index (χ0n) is 7.69. The lowest BCUT2D eigenvalue weighted by Gasteiger charge is -2.34. The molecule has 0 atom stereocenters. The highest BCUT2D eigenvalue weighted by Gasteiger charge is 2.23. The van der Waals surface area contributed by atoms with Crippen LogP contribution in [0.3, 0.4) is 0 Å². The Balaban J connectivity index is 3.08. The highest BCUT2D eigenvalue weighted by atomic mass is 16.1. The van der Waals surface area contributed by atoms with E-state index in [9.17, 15) is 4.79 Å². The molecule has 6 nitrogen and oxygen atoms in total. The first-order valence-corrected chi connectivity index (χ1v) is 3.80. The standard InChI is InChI=1S/C7H13N5O/c1-5-6(4-13)3-12(9)7(10-8)11(5)2/h4H,3,8-9H2,1-2H3/b10-7-. The number of rotatable bonds is 1. The minimum atomic E-state index is 0.343. The summed E-state index contributed by atoms with van der Waals surface area (Å²) in [6, 6.07) is 0. The molecule has 0 saturated heterocycles. The van der Waals surface area contributed by atoms with Crippen LogP contribution in [0.2, 0.25) is 0 Å². The summed E-state index contributed by atoms with van der Waals surface area (Å²) in [5.41, 5.74) is 1.46. The number of hydrogen-bond donors (Lipinski definition) is 2. The van der Waals surface area contributed by atoms with Crippen molar-refractivity contribution in [3.63, 3.8) is 0 Å². The Morgan fingerprint density at radius 2 is 2.23 bits per heavy atom. The molecule has 1 rings (SSSR count). The molecule has 1 heterocycles. The van der Waals surface area contributed by atoms with Crippen LogP contribution in [-0.2, 0) is 4.79 Å². The van der Waals surface area contributed by atoms with Gasteiger partial charge >= 0.3 is 0 Å². The molecule has 72 valence electrons. The second-order valence-corrected chi connectivity index (χ2v) is 2.84. The van der Waals surface area contributed by atoms with Crippen LogP contribution in [0.5, 0.6) is 0 Å². The van der Waals surface area contributed by atoms with Gasteiger partial charge in [-0.3, -0.25) is 9.80 Å². The third-order valence-electron chi connectivity index (χ3n) is 2.12. The van der Waals surface area contributed by atoms with Gasteiger partial charge in [-0.25, -0.2) is 5.84 Å². The van der Waals surface area contributed by atoms with Crippen LogP contribution in [0.1, 0.15) is 6.92 Å². The number of nitrogens with two attached hydrogens (primary N) is 2. The maximum atomic E-state index is 10.6. The lowest BCUT2D eigenvalue weighted by atomic mass is 10.2. The normalized spacial score (nSPS) is 21.3. The van der Waals surface area contributed by atoms with E-state index in [0.29, 0.717) is 18.1 Å². The Bertz CT molecular complexity index is 283. The summed E-state index contributed by atoms with van der Waals surface area (Å²) < 4.78 is 0. The molecule has 0 aromatic carbocycles. The lowest BCUT2D eigenvalue weighted by Crippen LogP contribution is -2.51. The van der Waals surface area contributed by atoms with Gasteiger partial charge in [-0.1, -0.05) is 0 Å². The lowest BCUT2D eigenvalue weighted by molar-refractivity contribution is -0.105. The van der Waals surface area contributed by atoms with Crippen LogP contribution in [0, 0.1) is 0 Å². The van der Waals surface area contributed by atoms with Crippen molar-refractivity contribution in [2.75, 3.05) is 13.6 Å². The summed E-state index contributed by atoms with van der Waals surface area (Å²) in [4.78, 5) is 12.3. The van der Waals surface area contributed by atoms with Crippen molar-refractivity contribution in [2.45, 2.75) is 6.92 Å². The predicted octanol–water partition coefficient (Wildman–Crippen LogP) is -1.19. The predicted molar refractivity (Wildman–Crippen MR) is 49.0 cm³/mol. The topological polar surface area (TPSA) is 87.9 Å². The first-order valence-electron chi connectivity index (χ1n) is 3.80. The Hall–Kier alpha value is -1.56. The maximum absolute atomic E-state index is 10.6. The molecule has 0 radical (unpaired) electrons. The summed E-state index contributed by atoms with van der Waals surface area (Å²) in [7, 11) is 1.75. The largest absolute Gasteiger partial charge is 0.320 e. The second-order valence-electron chi connectivity index (χ2n) is 2.84. The molecule has 0 aromatic rings. The van der Waals surface area contributed by atoms with Gasteiger partial charge in [-0.2, -0.15) is 0 Å².